The Kier molecular flexibility index (Phi) is 4.00. The van der Waals surface area contributed by atoms with Crippen molar-refractivity contribution >= 4 is 6.03 Å². The van der Waals surface area contributed by atoms with Crippen LogP contribution in [0.1, 0.15) is 44.9 Å². The number of carbonyl (C=O) groups is 1. The maximum Gasteiger partial charge on any atom is 0.318 e. The van der Waals surface area contributed by atoms with Crippen LogP contribution >= 0.6 is 0 Å². The molecule has 0 spiro atoms. The molecule has 4 rings (SSSR count). The Balaban J connectivity index is 1.38. The van der Waals surface area contributed by atoms with E-state index in [0.29, 0.717) is 42.0 Å². The summed E-state index contributed by atoms with van der Waals surface area (Å²) in [7, 11) is 0. The minimum atomic E-state index is 0.00727. The predicted octanol–water partition coefficient (Wildman–Crippen LogP) is 2.93. The van der Waals surface area contributed by atoms with E-state index in [-0.39, 0.29) is 6.03 Å². The average Bonchev–Trinajstić information content (AvgIpc) is 3.31. The highest BCUT2D eigenvalue weighted by atomic mass is 16.3. The first kappa shape index (κ1) is 15.2. The summed E-state index contributed by atoms with van der Waals surface area (Å²) in [5.74, 6) is 2.42. The van der Waals surface area contributed by atoms with E-state index in [4.69, 9.17) is 4.42 Å². The van der Waals surface area contributed by atoms with Gasteiger partial charge in [-0.3, -0.25) is 5.10 Å². The van der Waals surface area contributed by atoms with Gasteiger partial charge in [0.2, 0.25) is 5.82 Å². The van der Waals surface area contributed by atoms with Gasteiger partial charge in [0.25, 0.3) is 0 Å². The highest BCUT2D eigenvalue weighted by Gasteiger charge is 2.42. The number of urea groups is 1. The largest absolute Gasteiger partial charge is 0.461 e. The van der Waals surface area contributed by atoms with Crippen LogP contribution in [0, 0.1) is 5.92 Å². The van der Waals surface area contributed by atoms with Crippen molar-refractivity contribution in [2.45, 2.75) is 57.7 Å². The van der Waals surface area contributed by atoms with Crippen LogP contribution in [0.15, 0.2) is 22.8 Å². The van der Waals surface area contributed by atoms with E-state index in [1.165, 1.54) is 19.3 Å². The van der Waals surface area contributed by atoms with Crippen LogP contribution in [0.4, 0.5) is 4.79 Å². The maximum absolute atomic E-state index is 12.7. The lowest BCUT2D eigenvalue weighted by atomic mass is 9.85. The molecule has 0 bridgehead atoms. The van der Waals surface area contributed by atoms with Crippen LogP contribution in [0.25, 0.3) is 11.6 Å². The molecule has 1 aliphatic heterocycles. The van der Waals surface area contributed by atoms with Crippen LogP contribution in [0.5, 0.6) is 0 Å². The zero-order valence-electron chi connectivity index (χ0n) is 13.9. The molecule has 1 saturated heterocycles. The number of H-pyrrole nitrogens is 1. The van der Waals surface area contributed by atoms with Crippen molar-refractivity contribution in [3.63, 3.8) is 0 Å². The summed E-state index contributed by atoms with van der Waals surface area (Å²) in [5.41, 5.74) is 0. The van der Waals surface area contributed by atoms with E-state index in [9.17, 15) is 4.79 Å². The van der Waals surface area contributed by atoms with Gasteiger partial charge in [-0.15, -0.1) is 5.10 Å². The van der Waals surface area contributed by atoms with Crippen molar-refractivity contribution < 1.29 is 9.21 Å². The van der Waals surface area contributed by atoms with Crippen LogP contribution < -0.4 is 5.32 Å². The Morgan fingerprint density at radius 2 is 2.33 bits per heavy atom. The Morgan fingerprint density at radius 1 is 1.46 bits per heavy atom. The Morgan fingerprint density at radius 3 is 3.17 bits per heavy atom. The first-order valence-corrected chi connectivity index (χ1v) is 8.73. The van der Waals surface area contributed by atoms with Crippen LogP contribution in [-0.2, 0) is 6.54 Å². The molecule has 2 fully saturated rings. The molecule has 1 aliphatic carbocycles. The second-order valence-corrected chi connectivity index (χ2v) is 6.85. The lowest BCUT2D eigenvalue weighted by molar-refractivity contribution is 0.155. The molecule has 3 atom stereocenters. The van der Waals surface area contributed by atoms with Gasteiger partial charge in [-0.05, 0) is 44.2 Å². The normalized spacial score (nSPS) is 26.4. The summed E-state index contributed by atoms with van der Waals surface area (Å²) in [4.78, 5) is 19.1. The first-order chi connectivity index (χ1) is 11.7. The Bertz CT molecular complexity index is 696. The van der Waals surface area contributed by atoms with Crippen LogP contribution in [-0.4, -0.2) is 38.2 Å². The molecule has 2 aromatic heterocycles. The van der Waals surface area contributed by atoms with Crippen molar-refractivity contribution in [3.05, 3.63) is 24.2 Å². The minimum absolute atomic E-state index is 0.00727. The fourth-order valence-electron chi connectivity index (χ4n) is 4.20. The lowest BCUT2D eigenvalue weighted by Crippen LogP contribution is -2.47. The van der Waals surface area contributed by atoms with E-state index in [2.05, 4.69) is 27.4 Å². The number of likely N-dealkylation sites (tertiary alicyclic amines) is 1. The smallest absolute Gasteiger partial charge is 0.318 e. The molecule has 2 amide bonds. The second kappa shape index (κ2) is 6.30. The Hall–Kier alpha value is -2.31. The number of rotatable bonds is 3. The van der Waals surface area contributed by atoms with E-state index in [1.54, 1.807) is 18.4 Å². The molecule has 0 aromatic carbocycles. The third-order valence-corrected chi connectivity index (χ3v) is 5.26. The average molecular weight is 329 g/mol. The molecular weight excluding hydrogens is 306 g/mol. The Labute approximate surface area is 140 Å². The van der Waals surface area contributed by atoms with Gasteiger partial charge in [0, 0.05) is 12.1 Å². The van der Waals surface area contributed by atoms with Gasteiger partial charge < -0.3 is 14.6 Å². The number of hydrogen-bond acceptors (Lipinski definition) is 4. The van der Waals surface area contributed by atoms with Crippen molar-refractivity contribution in [2.24, 2.45) is 5.92 Å². The standard InChI is InChI=1S/C17H23N5O2/c1-11-9-12-5-2-3-6-13(12)22(11)17(23)18-10-15-19-16(21-20-15)14-7-4-8-24-14/h4,7-8,11-13H,2-3,5-6,9-10H2,1H3,(H,18,23)(H,19,20,21)/t11-,12-,13-/m1/s1. The molecule has 7 nitrogen and oxygen atoms in total. The minimum Gasteiger partial charge on any atom is -0.461 e. The quantitative estimate of drug-likeness (QED) is 0.906. The number of nitrogens with one attached hydrogen (secondary N) is 2. The van der Waals surface area contributed by atoms with Gasteiger partial charge in [-0.25, -0.2) is 9.78 Å². The second-order valence-electron chi connectivity index (χ2n) is 6.85. The summed E-state index contributed by atoms with van der Waals surface area (Å²) in [6, 6.07) is 4.32. The number of aromatic nitrogens is 3. The SMILES string of the molecule is C[C@@H]1C[C@H]2CCCC[C@H]2N1C(=O)NCc1nc(-c2ccco2)n[nH]1. The van der Waals surface area contributed by atoms with Gasteiger partial charge in [0.1, 0.15) is 5.82 Å². The fourth-order valence-corrected chi connectivity index (χ4v) is 4.20. The lowest BCUT2D eigenvalue weighted by Gasteiger charge is -2.33. The number of nitrogens with zero attached hydrogens (tertiary/aromatic N) is 3. The van der Waals surface area contributed by atoms with Crippen LogP contribution in [0.2, 0.25) is 0 Å². The predicted molar refractivity (Wildman–Crippen MR) is 88.0 cm³/mol. The summed E-state index contributed by atoms with van der Waals surface area (Å²) in [6.07, 6.45) is 7.63. The number of carbonyl (C=O) groups excluding carboxylic acids is 1. The van der Waals surface area contributed by atoms with E-state index >= 15 is 0 Å². The molecule has 0 radical (unpaired) electrons. The van der Waals surface area contributed by atoms with E-state index < -0.39 is 0 Å². The summed E-state index contributed by atoms with van der Waals surface area (Å²) in [5, 5.41) is 9.96. The summed E-state index contributed by atoms with van der Waals surface area (Å²) < 4.78 is 5.27. The maximum atomic E-state index is 12.7. The third kappa shape index (κ3) is 2.79. The molecule has 3 heterocycles. The number of furan rings is 1. The highest BCUT2D eigenvalue weighted by Crippen LogP contribution is 2.39. The molecule has 2 N–H and O–H groups in total. The molecule has 0 unspecified atom stereocenters. The van der Waals surface area contributed by atoms with E-state index in [0.717, 1.165) is 12.8 Å². The van der Waals surface area contributed by atoms with Gasteiger partial charge in [-0.2, -0.15) is 0 Å². The van der Waals surface area contributed by atoms with Crippen LogP contribution in [0.3, 0.4) is 0 Å². The fraction of sp³-hybridized carbons (Fsp3) is 0.588. The van der Waals surface area contributed by atoms with E-state index in [1.807, 2.05) is 4.90 Å². The first-order valence-electron chi connectivity index (χ1n) is 8.73. The molecule has 7 heteroatoms. The van der Waals surface area contributed by atoms with Gasteiger partial charge in [0.05, 0.1) is 12.8 Å². The molecule has 1 saturated carbocycles. The molecule has 128 valence electrons. The van der Waals surface area contributed by atoms with Gasteiger partial charge in [0.15, 0.2) is 5.76 Å². The molecule has 2 aromatic rings. The summed E-state index contributed by atoms with van der Waals surface area (Å²) in [6.45, 7) is 2.49. The number of hydrogen-bond donors (Lipinski definition) is 2. The number of amides is 2. The summed E-state index contributed by atoms with van der Waals surface area (Å²) >= 11 is 0. The van der Waals surface area contributed by atoms with Gasteiger partial charge in [-0.1, -0.05) is 12.8 Å². The molecule has 24 heavy (non-hydrogen) atoms. The molecular formula is C17H23N5O2. The zero-order chi connectivity index (χ0) is 16.5. The zero-order valence-corrected chi connectivity index (χ0v) is 13.9. The topological polar surface area (TPSA) is 87.1 Å². The van der Waals surface area contributed by atoms with Crippen molar-refractivity contribution in [1.29, 1.82) is 0 Å². The number of fused-ring (bicyclic) bond motifs is 1. The van der Waals surface area contributed by atoms with Crippen molar-refractivity contribution in [3.8, 4) is 11.6 Å². The number of aromatic amines is 1. The monoisotopic (exact) mass is 329 g/mol. The molecule has 2 aliphatic rings. The van der Waals surface area contributed by atoms with Crippen molar-refractivity contribution in [1.82, 2.24) is 25.4 Å². The third-order valence-electron chi connectivity index (χ3n) is 5.26. The van der Waals surface area contributed by atoms with Crippen molar-refractivity contribution in [2.75, 3.05) is 0 Å². The highest BCUT2D eigenvalue weighted by molar-refractivity contribution is 5.75. The van der Waals surface area contributed by atoms with Gasteiger partial charge >= 0.3 is 6.03 Å².